The number of nitrogens with zero attached hydrogens (tertiary/aromatic N) is 2. The third-order valence-corrected chi connectivity index (χ3v) is 9.23. The van der Waals surface area contributed by atoms with Gasteiger partial charge in [0.15, 0.2) is 2.82 Å². The van der Waals surface area contributed by atoms with Crippen molar-refractivity contribution in [1.29, 1.82) is 0 Å². The van der Waals surface area contributed by atoms with Crippen molar-refractivity contribution in [1.82, 2.24) is 35.8 Å². The number of carbonyl (C=O) groups is 7. The molecule has 0 fully saturated rings. The van der Waals surface area contributed by atoms with Crippen molar-refractivity contribution in [2.24, 2.45) is 28.7 Å². The van der Waals surface area contributed by atoms with Crippen LogP contribution < -0.4 is 44.6 Å². The van der Waals surface area contributed by atoms with Crippen LogP contribution in [0.3, 0.4) is 0 Å². The molecule has 4 aromatic rings. The largest absolute Gasteiger partial charge is 0.370 e. The average Bonchev–Trinajstić information content (AvgIpc) is 3.92. The molecule has 0 aliphatic carbocycles. The molecule has 0 saturated carbocycles. The molecule has 0 radical (unpaired) electrons. The van der Waals surface area contributed by atoms with Gasteiger partial charge < -0.3 is 54.6 Å². The summed E-state index contributed by atoms with van der Waals surface area (Å²) in [6, 6.07) is 8.25. The van der Waals surface area contributed by atoms with E-state index in [0.717, 1.165) is 10.9 Å². The Kier molecular flexibility index (Phi) is 15.6. The zero-order chi connectivity index (χ0) is 43.9. The molecule has 7 amide bonds. The van der Waals surface area contributed by atoms with E-state index >= 15 is 0 Å². The number of para-hydroxylation sites is 1. The number of aromatic nitrogens is 3. The maximum Gasteiger partial charge on any atom is 0.259 e. The Balaban J connectivity index is 1.69. The lowest BCUT2D eigenvalue weighted by Crippen LogP contribution is -2.61. The van der Waals surface area contributed by atoms with E-state index in [2.05, 4.69) is 20.3 Å². The van der Waals surface area contributed by atoms with Gasteiger partial charge in [0, 0.05) is 41.8 Å². The maximum absolute atomic E-state index is 14.7. The number of benzene rings is 2. The lowest BCUT2D eigenvalue weighted by Gasteiger charge is -2.29. The number of carbonyl (C=O) groups excluding carboxylic acids is 7. The predicted octanol–water partition coefficient (Wildman–Crippen LogP) is -1.74. The first-order valence-corrected chi connectivity index (χ1v) is 18.8. The van der Waals surface area contributed by atoms with Crippen LogP contribution in [-0.2, 0) is 52.8 Å². The summed E-state index contributed by atoms with van der Waals surface area (Å²) in [5.41, 5.74) is 31.7. The highest BCUT2D eigenvalue weighted by Crippen LogP contribution is 2.19. The quantitative estimate of drug-likeness (QED) is 0.0396. The van der Waals surface area contributed by atoms with E-state index in [0.29, 0.717) is 22.9 Å². The van der Waals surface area contributed by atoms with Gasteiger partial charge in [0.25, 0.3) is 17.7 Å². The first-order valence-electron chi connectivity index (χ1n) is 19.7. The molecule has 5 atom stereocenters. The first-order chi connectivity index (χ1) is 28.6. The smallest absolute Gasteiger partial charge is 0.259 e. The van der Waals surface area contributed by atoms with Crippen LogP contribution in [0.25, 0.3) is 10.9 Å². The second kappa shape index (κ2) is 21.9. The highest BCUT2D eigenvalue weighted by molar-refractivity contribution is 6.15. The van der Waals surface area contributed by atoms with Crippen LogP contribution in [0.5, 0.6) is 0 Å². The number of hydrogen-bond acceptors (Lipinski definition) is 12. The van der Waals surface area contributed by atoms with E-state index in [1.807, 2.05) is 24.3 Å². The van der Waals surface area contributed by atoms with Gasteiger partial charge in [-0.15, -0.1) is 0 Å². The average molecular weight is 803 g/mol. The standard InChI is InChI=1S/C39H52N12O7/c40-15-7-6-12-31(49-37(56)28(42)16-23-8-2-1-3-9-23)38(57)51(34(53)21-47-35(54)29(43)17-24-19-46-30-11-5-4-10-26(24)30)39(58)32(18-25-20-45-22-48-25)50-36(55)27(41)13-14-33(44)52/h1-5,8-11,19-20,22,27-29,31-32,46H,6-7,12-18,21,40-43H2,(H2,44,52)(H,45,48)(H,47,54)(H,49,56)(H,50,55)/t27-,28-,29-,31-,32-/m0/s1/i/hD2. The van der Waals surface area contributed by atoms with Crippen LogP contribution in [0.2, 0.25) is 2.82 Å². The molecule has 2 heterocycles. The number of rotatable bonds is 22. The highest BCUT2D eigenvalue weighted by atomic mass is 16.2. The molecule has 0 unspecified atom stereocenters. The number of nitrogens with two attached hydrogens (primary N) is 5. The summed E-state index contributed by atoms with van der Waals surface area (Å²) in [5, 5.41) is 3.68. The third-order valence-electron chi connectivity index (χ3n) is 9.23. The molecule has 310 valence electrons. The van der Waals surface area contributed by atoms with Crippen molar-refractivity contribution in [3.05, 3.63) is 90.1 Å². The lowest BCUT2D eigenvalue weighted by molar-refractivity contribution is -0.157. The topological polar surface area (TPSA) is 333 Å². The molecule has 0 spiro atoms. The number of nitrogens with one attached hydrogen (secondary N) is 5. The number of aromatic amines is 2. The minimum Gasteiger partial charge on any atom is -0.370 e. The van der Waals surface area contributed by atoms with Gasteiger partial charge in [-0.1, -0.05) is 48.5 Å². The van der Waals surface area contributed by atoms with Gasteiger partial charge in [0.2, 0.25) is 23.6 Å². The van der Waals surface area contributed by atoms with E-state index < -0.39 is 84.5 Å². The van der Waals surface area contributed by atoms with Gasteiger partial charge in [-0.3, -0.25) is 33.6 Å². The van der Waals surface area contributed by atoms with Crippen LogP contribution >= 0.6 is 0 Å². The Hall–Kier alpha value is -6.28. The van der Waals surface area contributed by atoms with Gasteiger partial charge in [-0.2, -0.15) is 0 Å². The van der Waals surface area contributed by atoms with Crippen molar-refractivity contribution >= 4 is 52.3 Å². The maximum atomic E-state index is 14.7. The van der Waals surface area contributed by atoms with Crippen molar-refractivity contribution in [3.63, 3.8) is 0 Å². The Morgan fingerprint density at radius 1 is 0.759 bits per heavy atom. The van der Waals surface area contributed by atoms with Crippen molar-refractivity contribution in [2.75, 3.05) is 13.1 Å². The lowest BCUT2D eigenvalue weighted by atomic mass is 10.0. The number of H-pyrrole nitrogens is 2. The van der Waals surface area contributed by atoms with Crippen LogP contribution in [0.4, 0.5) is 0 Å². The van der Waals surface area contributed by atoms with E-state index in [1.165, 1.54) is 12.5 Å². The Morgan fingerprint density at radius 2 is 1.41 bits per heavy atom. The van der Waals surface area contributed by atoms with Gasteiger partial charge in [0.05, 0.1) is 31.0 Å². The zero-order valence-electron chi connectivity index (χ0n) is 33.9. The molecule has 58 heavy (non-hydrogen) atoms. The zero-order valence-corrected chi connectivity index (χ0v) is 31.9. The second-order valence-electron chi connectivity index (χ2n) is 13.7. The van der Waals surface area contributed by atoms with E-state index in [9.17, 15) is 33.6 Å². The van der Waals surface area contributed by atoms with Gasteiger partial charge >= 0.3 is 0 Å². The molecular formula is C39H52N12O7. The summed E-state index contributed by atoms with van der Waals surface area (Å²) >= 11 is 0. The fourth-order valence-corrected chi connectivity index (χ4v) is 6.05. The highest BCUT2D eigenvalue weighted by Gasteiger charge is 2.39. The van der Waals surface area contributed by atoms with E-state index in [4.69, 9.17) is 31.5 Å². The summed E-state index contributed by atoms with van der Waals surface area (Å²) in [6.45, 7) is -0.807. The number of primary amides is 1. The number of fused-ring (bicyclic) bond motifs is 1. The van der Waals surface area contributed by atoms with Crippen LogP contribution in [-0.4, -0.2) is 105 Å². The molecule has 0 saturated heterocycles. The number of amides is 7. The van der Waals surface area contributed by atoms with E-state index in [1.54, 1.807) is 36.5 Å². The molecule has 0 bridgehead atoms. The number of unbranched alkanes of at least 4 members (excludes halogenated alkanes) is 1. The Morgan fingerprint density at radius 3 is 2.10 bits per heavy atom. The van der Waals surface area contributed by atoms with Crippen LogP contribution in [0, 0.1) is 0 Å². The van der Waals surface area contributed by atoms with E-state index in [-0.39, 0.29) is 61.0 Å². The Bertz CT molecular complexity index is 2100. The van der Waals surface area contributed by atoms with Crippen molar-refractivity contribution in [3.8, 4) is 0 Å². The summed E-state index contributed by atoms with van der Waals surface area (Å²) in [6.07, 6.45) is 3.39. The van der Waals surface area contributed by atoms with Crippen LogP contribution in [0.15, 0.2) is 73.3 Å². The molecule has 4 rings (SSSR count). The van der Waals surface area contributed by atoms with Crippen LogP contribution in [0.1, 0.15) is 48.9 Å². The molecular weight excluding hydrogens is 749 g/mol. The summed E-state index contributed by atoms with van der Waals surface area (Å²) in [4.78, 5) is 105. The number of imide groups is 3. The SMILES string of the molecule is [2H]N(C(=O)[C@@H](N)Cc1ccccc1)[C@@H](CCCCN)C(=O)N(C(=O)CNC(=O)[C@@H](N)Cc1c[nH]c2ccccc12)C(=O)[C@H](Cc1cnc[nH]1)N([2H])C(=O)[C@@H](N)CCC(N)=O. The van der Waals surface area contributed by atoms with Crippen molar-refractivity contribution in [2.45, 2.75) is 81.6 Å². The van der Waals surface area contributed by atoms with Crippen molar-refractivity contribution < 1.29 is 36.4 Å². The predicted molar refractivity (Wildman–Crippen MR) is 213 cm³/mol. The second-order valence-corrected chi connectivity index (χ2v) is 13.7. The first kappa shape index (κ1) is 41.4. The number of hydrogen-bond donors (Lipinski definition) is 10. The molecule has 2 aromatic carbocycles. The summed E-state index contributed by atoms with van der Waals surface area (Å²) < 4.78 is 17.6. The molecule has 0 aliphatic heterocycles. The minimum absolute atomic E-state index is 0.0106. The molecule has 0 aliphatic rings. The molecule has 19 nitrogen and oxygen atoms in total. The summed E-state index contributed by atoms with van der Waals surface area (Å²) in [5.74, 6) is -7.89. The van der Waals surface area contributed by atoms with Gasteiger partial charge in [-0.25, -0.2) is 9.88 Å². The normalized spacial score (nSPS) is 14.2. The third kappa shape index (κ3) is 12.9. The monoisotopic (exact) mass is 802 g/mol. The summed E-state index contributed by atoms with van der Waals surface area (Å²) in [7, 11) is 0. The molecule has 19 heteroatoms. The fraction of sp³-hybridized carbons (Fsp3) is 0.385. The number of imidazole rings is 1. The fourth-order valence-electron chi connectivity index (χ4n) is 6.05. The van der Waals surface area contributed by atoms with Gasteiger partial charge in [-0.05, 0) is 62.3 Å². The molecule has 2 aromatic heterocycles. The minimum atomic E-state index is -1.95. The Labute approximate surface area is 337 Å². The molecule has 15 N–H and O–H groups in total. The van der Waals surface area contributed by atoms with Gasteiger partial charge in [0.1, 0.15) is 12.1 Å².